The smallest absolute Gasteiger partial charge is 0.408 e. The van der Waals surface area contributed by atoms with Crippen LogP contribution in [0.2, 0.25) is 5.02 Å². The van der Waals surface area contributed by atoms with Crippen LogP contribution in [0.4, 0.5) is 4.79 Å². The van der Waals surface area contributed by atoms with Gasteiger partial charge in [0.25, 0.3) is 0 Å². The van der Waals surface area contributed by atoms with E-state index in [0.29, 0.717) is 11.4 Å². The van der Waals surface area contributed by atoms with E-state index in [0.717, 1.165) is 5.56 Å². The van der Waals surface area contributed by atoms with E-state index in [1.807, 2.05) is 6.07 Å². The summed E-state index contributed by atoms with van der Waals surface area (Å²) in [7, 11) is 0. The fourth-order valence-corrected chi connectivity index (χ4v) is 2.29. The number of carboxylic acid groups (broad SMARTS) is 1. The third-order valence-corrected chi connectivity index (χ3v) is 3.12. The maximum absolute atomic E-state index is 11.3. The Bertz CT molecular complexity index is 409. The third-order valence-electron chi connectivity index (χ3n) is 2.78. The molecule has 1 atom stereocenters. The number of carbonyl (C=O) groups is 1. The first-order chi connectivity index (χ1) is 8.49. The molecule has 0 saturated heterocycles. The Morgan fingerprint density at radius 2 is 2.00 bits per heavy atom. The van der Waals surface area contributed by atoms with Gasteiger partial charge in [-0.15, -0.1) is 0 Å². The maximum Gasteiger partial charge on any atom is 0.408 e. The van der Waals surface area contributed by atoms with Crippen molar-refractivity contribution in [3.8, 4) is 0 Å². The monoisotopic (exact) mass is 271 g/mol. The van der Waals surface area contributed by atoms with E-state index in [2.05, 4.69) is 0 Å². The predicted octanol–water partition coefficient (Wildman–Crippen LogP) is 3.15. The first-order valence-corrected chi connectivity index (χ1v) is 6.23. The van der Waals surface area contributed by atoms with Crippen LogP contribution in [-0.2, 0) is 0 Å². The molecule has 1 aromatic rings. The molecule has 100 valence electrons. The van der Waals surface area contributed by atoms with Crippen LogP contribution in [0, 0.1) is 0 Å². The van der Waals surface area contributed by atoms with Crippen molar-refractivity contribution in [3.63, 3.8) is 0 Å². The van der Waals surface area contributed by atoms with Gasteiger partial charge < -0.3 is 10.2 Å². The van der Waals surface area contributed by atoms with Crippen LogP contribution in [0.1, 0.15) is 31.9 Å². The first-order valence-electron chi connectivity index (χ1n) is 5.85. The molecule has 0 aromatic heterocycles. The van der Waals surface area contributed by atoms with E-state index in [4.69, 9.17) is 16.7 Å². The highest BCUT2D eigenvalue weighted by atomic mass is 35.5. The minimum atomic E-state index is -1.01. The van der Waals surface area contributed by atoms with E-state index >= 15 is 0 Å². The van der Waals surface area contributed by atoms with Gasteiger partial charge >= 0.3 is 6.09 Å². The molecule has 1 aromatic carbocycles. The summed E-state index contributed by atoms with van der Waals surface area (Å²) in [6, 6.07) is 6.51. The van der Waals surface area contributed by atoms with Crippen molar-refractivity contribution >= 4 is 17.7 Å². The van der Waals surface area contributed by atoms with Crippen LogP contribution in [0.3, 0.4) is 0 Å². The molecule has 0 fully saturated rings. The zero-order valence-electron chi connectivity index (χ0n) is 10.5. The molecule has 0 saturated carbocycles. The molecule has 4 nitrogen and oxygen atoms in total. The quantitative estimate of drug-likeness (QED) is 0.865. The molecule has 2 N–H and O–H groups in total. The minimum absolute atomic E-state index is 0.0909. The fourth-order valence-electron chi connectivity index (χ4n) is 2.03. The SMILES string of the molecule is CC(C)N(C(=O)O)C(CCO)c1ccccc1Cl. The minimum Gasteiger partial charge on any atom is -0.465 e. The third kappa shape index (κ3) is 3.37. The molecule has 18 heavy (non-hydrogen) atoms. The number of amides is 1. The molecule has 0 aliphatic heterocycles. The topological polar surface area (TPSA) is 60.8 Å². The number of nitrogens with zero attached hydrogens (tertiary/aromatic N) is 1. The van der Waals surface area contributed by atoms with Gasteiger partial charge in [0.15, 0.2) is 0 Å². The van der Waals surface area contributed by atoms with Crippen LogP contribution in [0.15, 0.2) is 24.3 Å². The Morgan fingerprint density at radius 1 is 1.39 bits per heavy atom. The van der Waals surface area contributed by atoms with Crippen LogP contribution in [-0.4, -0.2) is 33.9 Å². The number of hydrogen-bond donors (Lipinski definition) is 2. The lowest BCUT2D eigenvalue weighted by Gasteiger charge is -2.33. The summed E-state index contributed by atoms with van der Waals surface area (Å²) in [5.74, 6) is 0. The van der Waals surface area contributed by atoms with E-state index < -0.39 is 12.1 Å². The van der Waals surface area contributed by atoms with Gasteiger partial charge in [0.2, 0.25) is 0 Å². The highest BCUT2D eigenvalue weighted by Crippen LogP contribution is 2.31. The van der Waals surface area contributed by atoms with Gasteiger partial charge in [-0.05, 0) is 31.9 Å². The van der Waals surface area contributed by atoms with Gasteiger partial charge in [-0.1, -0.05) is 29.8 Å². The zero-order valence-corrected chi connectivity index (χ0v) is 11.3. The normalized spacial score (nSPS) is 12.5. The lowest BCUT2D eigenvalue weighted by Crippen LogP contribution is -2.39. The Kier molecular flexibility index (Phi) is 5.44. The van der Waals surface area contributed by atoms with Crippen LogP contribution in [0.25, 0.3) is 0 Å². The summed E-state index contributed by atoms with van der Waals surface area (Å²) < 4.78 is 0. The van der Waals surface area contributed by atoms with Crippen molar-refractivity contribution in [3.05, 3.63) is 34.9 Å². The van der Waals surface area contributed by atoms with Crippen molar-refractivity contribution < 1.29 is 15.0 Å². The van der Waals surface area contributed by atoms with E-state index in [-0.39, 0.29) is 12.6 Å². The number of benzene rings is 1. The molecule has 1 unspecified atom stereocenters. The van der Waals surface area contributed by atoms with Gasteiger partial charge in [-0.25, -0.2) is 4.79 Å². The number of aliphatic hydroxyl groups is 1. The van der Waals surface area contributed by atoms with Gasteiger partial charge in [0.1, 0.15) is 0 Å². The second-order valence-electron chi connectivity index (χ2n) is 4.33. The maximum atomic E-state index is 11.3. The molecule has 1 rings (SSSR count). The second-order valence-corrected chi connectivity index (χ2v) is 4.74. The molecular formula is C13H18ClNO3. The molecule has 0 bridgehead atoms. The van der Waals surface area contributed by atoms with E-state index in [1.54, 1.807) is 32.0 Å². The Labute approximate surface area is 112 Å². The second kappa shape index (κ2) is 6.61. The Morgan fingerprint density at radius 3 is 2.44 bits per heavy atom. The summed E-state index contributed by atoms with van der Waals surface area (Å²) in [6.45, 7) is 3.51. The molecular weight excluding hydrogens is 254 g/mol. The van der Waals surface area contributed by atoms with Gasteiger partial charge in [0, 0.05) is 17.7 Å². The van der Waals surface area contributed by atoms with Crippen molar-refractivity contribution in [2.45, 2.75) is 32.4 Å². The molecule has 0 heterocycles. The van der Waals surface area contributed by atoms with Crippen LogP contribution in [0.5, 0.6) is 0 Å². The standard InChI is InChI=1S/C13H18ClNO3/c1-9(2)15(13(17)18)12(7-8-16)10-5-3-4-6-11(10)14/h3-6,9,12,16H,7-8H2,1-2H3,(H,17,18). The predicted molar refractivity (Wildman–Crippen MR) is 70.9 cm³/mol. The molecule has 0 aliphatic carbocycles. The van der Waals surface area contributed by atoms with Crippen molar-refractivity contribution in [1.82, 2.24) is 4.90 Å². The van der Waals surface area contributed by atoms with Crippen molar-refractivity contribution in [2.24, 2.45) is 0 Å². The highest BCUT2D eigenvalue weighted by Gasteiger charge is 2.28. The van der Waals surface area contributed by atoms with Crippen LogP contribution < -0.4 is 0 Å². The Hall–Kier alpha value is -1.26. The summed E-state index contributed by atoms with van der Waals surface area (Å²) in [5, 5.41) is 18.9. The molecule has 0 aliphatic rings. The van der Waals surface area contributed by atoms with E-state index in [9.17, 15) is 9.90 Å². The zero-order chi connectivity index (χ0) is 13.7. The largest absolute Gasteiger partial charge is 0.465 e. The Balaban J connectivity index is 3.16. The van der Waals surface area contributed by atoms with Gasteiger partial charge in [-0.2, -0.15) is 0 Å². The summed E-state index contributed by atoms with van der Waals surface area (Å²) >= 11 is 6.11. The molecule has 0 spiro atoms. The average molecular weight is 272 g/mol. The van der Waals surface area contributed by atoms with Gasteiger partial charge in [0.05, 0.1) is 6.04 Å². The fraction of sp³-hybridized carbons (Fsp3) is 0.462. The average Bonchev–Trinajstić information content (AvgIpc) is 2.28. The lowest BCUT2D eigenvalue weighted by atomic mass is 10.0. The first kappa shape index (κ1) is 14.8. The summed E-state index contributed by atoms with van der Waals surface area (Å²) in [4.78, 5) is 12.7. The summed E-state index contributed by atoms with van der Waals surface area (Å²) in [6.07, 6.45) is -0.683. The van der Waals surface area contributed by atoms with Crippen LogP contribution >= 0.6 is 11.6 Å². The molecule has 5 heteroatoms. The molecule has 1 amide bonds. The number of halogens is 1. The lowest BCUT2D eigenvalue weighted by molar-refractivity contribution is 0.0959. The number of aliphatic hydroxyl groups excluding tert-OH is 1. The number of hydrogen-bond acceptors (Lipinski definition) is 2. The van der Waals surface area contributed by atoms with Crippen molar-refractivity contribution in [2.75, 3.05) is 6.61 Å². The van der Waals surface area contributed by atoms with E-state index in [1.165, 1.54) is 4.90 Å². The highest BCUT2D eigenvalue weighted by molar-refractivity contribution is 6.31. The number of rotatable bonds is 5. The molecule has 0 radical (unpaired) electrons. The summed E-state index contributed by atoms with van der Waals surface area (Å²) in [5.41, 5.74) is 0.726. The van der Waals surface area contributed by atoms with Gasteiger partial charge in [-0.3, -0.25) is 4.90 Å². The van der Waals surface area contributed by atoms with Crippen molar-refractivity contribution in [1.29, 1.82) is 0 Å².